The largest absolute Gasteiger partial charge is 0.265 e. The lowest BCUT2D eigenvalue weighted by atomic mass is 10.0. The van der Waals surface area contributed by atoms with Crippen molar-refractivity contribution in [1.29, 1.82) is 0 Å². The molecule has 2 heteroatoms. The third-order valence-corrected chi connectivity index (χ3v) is 3.88. The minimum absolute atomic E-state index is 0.906. The summed E-state index contributed by atoms with van der Waals surface area (Å²) in [7, 11) is 0. The Labute approximate surface area is 105 Å². The third kappa shape index (κ3) is 1.05. The van der Waals surface area contributed by atoms with Gasteiger partial charge in [0.1, 0.15) is 0 Å². The van der Waals surface area contributed by atoms with Gasteiger partial charge >= 0.3 is 0 Å². The molecule has 0 spiro atoms. The van der Waals surface area contributed by atoms with Crippen LogP contribution in [-0.2, 0) is 6.54 Å². The monoisotopic (exact) mass is 234 g/mol. The molecule has 0 aliphatic heterocycles. The third-order valence-electron chi connectivity index (χ3n) is 3.88. The number of aryl methyl sites for hydroxylation is 2. The summed E-state index contributed by atoms with van der Waals surface area (Å²) in [6.45, 7) is 5.14. The molecule has 18 heavy (non-hydrogen) atoms. The normalized spacial score (nSPS) is 12.1. The van der Waals surface area contributed by atoms with Crippen LogP contribution in [-0.4, -0.2) is 9.78 Å². The van der Waals surface area contributed by atoms with E-state index in [2.05, 4.69) is 60.0 Å². The molecular formula is C16H14N2. The van der Waals surface area contributed by atoms with Gasteiger partial charge in [0.05, 0.1) is 11.2 Å². The van der Waals surface area contributed by atoms with E-state index < -0.39 is 0 Å². The Kier molecular flexibility index (Phi) is 1.77. The summed E-state index contributed by atoms with van der Waals surface area (Å²) in [5.74, 6) is 0. The maximum absolute atomic E-state index is 4.68. The molecule has 1 aromatic heterocycles. The van der Waals surface area contributed by atoms with Crippen LogP contribution in [0.2, 0.25) is 0 Å². The molecule has 0 amide bonds. The zero-order valence-corrected chi connectivity index (χ0v) is 10.6. The lowest BCUT2D eigenvalue weighted by molar-refractivity contribution is 0.663. The van der Waals surface area contributed by atoms with Crippen LogP contribution < -0.4 is 0 Å². The van der Waals surface area contributed by atoms with Crippen molar-refractivity contribution in [2.45, 2.75) is 20.4 Å². The number of rotatable bonds is 1. The van der Waals surface area contributed by atoms with Gasteiger partial charge in [-0.25, -0.2) is 0 Å². The van der Waals surface area contributed by atoms with Gasteiger partial charge in [-0.2, -0.15) is 5.10 Å². The van der Waals surface area contributed by atoms with Crippen LogP contribution in [0.25, 0.3) is 32.4 Å². The minimum atomic E-state index is 0.906. The fourth-order valence-corrected chi connectivity index (χ4v) is 3.04. The quantitative estimate of drug-likeness (QED) is 0.484. The lowest BCUT2D eigenvalue weighted by Crippen LogP contribution is -2.05. The van der Waals surface area contributed by atoms with E-state index in [1.807, 2.05) is 0 Å². The van der Waals surface area contributed by atoms with E-state index in [1.165, 1.54) is 32.4 Å². The van der Waals surface area contributed by atoms with E-state index in [0.29, 0.717) is 0 Å². The highest BCUT2D eigenvalue weighted by Gasteiger charge is 2.12. The van der Waals surface area contributed by atoms with Gasteiger partial charge in [-0.05, 0) is 36.1 Å². The molecule has 0 unspecified atom stereocenters. The van der Waals surface area contributed by atoms with Crippen molar-refractivity contribution in [3.8, 4) is 0 Å². The van der Waals surface area contributed by atoms with E-state index in [1.54, 1.807) is 0 Å². The Balaban J connectivity index is 2.42. The van der Waals surface area contributed by atoms with Gasteiger partial charge < -0.3 is 0 Å². The highest BCUT2D eigenvalue weighted by Crippen LogP contribution is 2.35. The van der Waals surface area contributed by atoms with E-state index in [9.17, 15) is 0 Å². The number of hydrogen-bond acceptors (Lipinski definition) is 1. The summed E-state index contributed by atoms with van der Waals surface area (Å²) in [5, 5.41) is 11.4. The van der Waals surface area contributed by atoms with E-state index in [-0.39, 0.29) is 0 Å². The first-order chi connectivity index (χ1) is 8.79. The maximum Gasteiger partial charge on any atom is 0.0679 e. The molecule has 1 heterocycles. The van der Waals surface area contributed by atoms with Crippen LogP contribution in [0.5, 0.6) is 0 Å². The van der Waals surface area contributed by atoms with Crippen molar-refractivity contribution in [2.75, 3.05) is 0 Å². The Hall–Kier alpha value is -2.09. The van der Waals surface area contributed by atoms with Crippen molar-refractivity contribution in [2.24, 2.45) is 0 Å². The lowest BCUT2D eigenvalue weighted by Gasteiger charge is -2.14. The molecule has 0 saturated carbocycles. The highest BCUT2D eigenvalue weighted by atomic mass is 15.3. The van der Waals surface area contributed by atoms with Crippen LogP contribution >= 0.6 is 0 Å². The highest BCUT2D eigenvalue weighted by molar-refractivity contribution is 6.23. The summed E-state index contributed by atoms with van der Waals surface area (Å²) in [6, 6.07) is 13.2. The molecular weight excluding hydrogens is 220 g/mol. The van der Waals surface area contributed by atoms with Gasteiger partial charge in [0, 0.05) is 17.3 Å². The van der Waals surface area contributed by atoms with Crippen LogP contribution in [0, 0.1) is 6.92 Å². The fourth-order valence-electron chi connectivity index (χ4n) is 3.04. The SMILES string of the molecule is CCn1nc(C)c2ccc3ccc4ccc1c2c34. The molecule has 4 rings (SSSR count). The molecule has 0 N–H and O–H groups in total. The van der Waals surface area contributed by atoms with Crippen LogP contribution in [0.3, 0.4) is 0 Å². The first-order valence-electron chi connectivity index (χ1n) is 6.40. The van der Waals surface area contributed by atoms with Gasteiger partial charge in [0.25, 0.3) is 0 Å². The standard InChI is InChI=1S/C16H14N2/c1-3-18-14-9-7-12-5-4-11-6-8-13(10(2)17-18)16(14)15(11)12/h4-9H,3H2,1-2H3. The fraction of sp³-hybridized carbons (Fsp3) is 0.188. The van der Waals surface area contributed by atoms with Crippen molar-refractivity contribution >= 4 is 32.4 Å². The molecule has 2 nitrogen and oxygen atoms in total. The van der Waals surface area contributed by atoms with Gasteiger partial charge in [-0.15, -0.1) is 0 Å². The van der Waals surface area contributed by atoms with E-state index in [4.69, 9.17) is 0 Å². The average Bonchev–Trinajstić information content (AvgIpc) is 2.82. The molecule has 0 aliphatic carbocycles. The van der Waals surface area contributed by atoms with Gasteiger partial charge in [0.2, 0.25) is 0 Å². The number of hydrogen-bond donors (Lipinski definition) is 0. The van der Waals surface area contributed by atoms with Crippen molar-refractivity contribution in [1.82, 2.24) is 9.78 Å². The second kappa shape index (κ2) is 3.22. The molecule has 0 bridgehead atoms. The molecule has 3 aromatic carbocycles. The first-order valence-corrected chi connectivity index (χ1v) is 6.40. The van der Waals surface area contributed by atoms with Crippen LogP contribution in [0.15, 0.2) is 36.4 Å². The summed E-state index contributed by atoms with van der Waals surface area (Å²) in [5.41, 5.74) is 2.35. The molecule has 0 aliphatic rings. The topological polar surface area (TPSA) is 17.8 Å². The second-order valence-corrected chi connectivity index (χ2v) is 4.86. The predicted molar refractivity (Wildman–Crippen MR) is 76.3 cm³/mol. The van der Waals surface area contributed by atoms with Gasteiger partial charge in [-0.3, -0.25) is 4.68 Å². The smallest absolute Gasteiger partial charge is 0.0679 e. The Morgan fingerprint density at radius 1 is 0.944 bits per heavy atom. The predicted octanol–water partition coefficient (Wildman–Crippen LogP) is 4.11. The van der Waals surface area contributed by atoms with Gasteiger partial charge in [-0.1, -0.05) is 30.3 Å². The van der Waals surface area contributed by atoms with Crippen molar-refractivity contribution in [3.63, 3.8) is 0 Å². The molecule has 4 aromatic rings. The second-order valence-electron chi connectivity index (χ2n) is 4.86. The molecule has 0 fully saturated rings. The summed E-state index contributed by atoms with van der Waals surface area (Å²) in [6.07, 6.45) is 0. The minimum Gasteiger partial charge on any atom is -0.265 e. The van der Waals surface area contributed by atoms with Gasteiger partial charge in [0.15, 0.2) is 0 Å². The zero-order valence-electron chi connectivity index (χ0n) is 10.6. The van der Waals surface area contributed by atoms with E-state index in [0.717, 1.165) is 12.2 Å². The van der Waals surface area contributed by atoms with E-state index >= 15 is 0 Å². The van der Waals surface area contributed by atoms with Crippen LogP contribution in [0.4, 0.5) is 0 Å². The molecule has 0 radical (unpaired) electrons. The Bertz CT molecular complexity index is 856. The molecule has 88 valence electrons. The summed E-state index contributed by atoms with van der Waals surface area (Å²) >= 11 is 0. The van der Waals surface area contributed by atoms with Crippen molar-refractivity contribution < 1.29 is 0 Å². The number of benzene rings is 2. The zero-order chi connectivity index (χ0) is 12.3. The summed E-state index contributed by atoms with van der Waals surface area (Å²) < 4.78 is 2.10. The Morgan fingerprint density at radius 3 is 2.33 bits per heavy atom. The maximum atomic E-state index is 4.68. The number of aromatic nitrogens is 2. The summed E-state index contributed by atoms with van der Waals surface area (Å²) in [4.78, 5) is 0. The Morgan fingerprint density at radius 2 is 1.61 bits per heavy atom. The average molecular weight is 234 g/mol. The first kappa shape index (κ1) is 9.89. The van der Waals surface area contributed by atoms with Crippen molar-refractivity contribution in [3.05, 3.63) is 42.1 Å². The molecule has 0 atom stereocenters. The number of nitrogens with zero attached hydrogens (tertiary/aromatic N) is 2. The molecule has 0 saturated heterocycles. The van der Waals surface area contributed by atoms with Crippen LogP contribution in [0.1, 0.15) is 12.6 Å².